The Morgan fingerprint density at radius 1 is 1.03 bits per heavy atom. The quantitative estimate of drug-likeness (QED) is 0.139. The largest absolute Gasteiger partial charge is 0.422 e. The molecule has 0 atom stereocenters. The maximum atomic E-state index is 12.8. The predicted octanol–water partition coefficient (Wildman–Crippen LogP) is 5.79. The number of fused-ring (bicyclic) bond motifs is 1. The molecule has 35 heavy (non-hydrogen) atoms. The molecule has 8 heteroatoms. The standard InChI is InChI=1S/C27H20N4O2S2/c32-26-23(15-20-11-7-8-14-24(20)33-26)25-21(17-31(30-25)22-12-5-2-6-13-22)16-28-29-27(34)35-18-19-9-3-1-4-10-19/h1-17H,18H2,(H,29,34)/b28-16+. The van der Waals surface area contributed by atoms with Gasteiger partial charge in [-0.1, -0.05) is 90.7 Å². The van der Waals surface area contributed by atoms with Crippen LogP contribution < -0.4 is 11.1 Å². The third-order valence-corrected chi connectivity index (χ3v) is 6.51. The number of thiocarbonyl (C=S) groups is 1. The van der Waals surface area contributed by atoms with Crippen LogP contribution >= 0.6 is 24.0 Å². The molecule has 0 saturated carbocycles. The van der Waals surface area contributed by atoms with Crippen molar-refractivity contribution in [1.82, 2.24) is 15.2 Å². The number of hydrogen-bond donors (Lipinski definition) is 1. The topological polar surface area (TPSA) is 72.4 Å². The van der Waals surface area contributed by atoms with Crippen molar-refractivity contribution in [1.29, 1.82) is 0 Å². The molecule has 5 aromatic rings. The van der Waals surface area contributed by atoms with Crippen molar-refractivity contribution in [3.63, 3.8) is 0 Å². The van der Waals surface area contributed by atoms with Crippen molar-refractivity contribution in [2.45, 2.75) is 5.75 Å². The minimum absolute atomic E-state index is 0.362. The van der Waals surface area contributed by atoms with Crippen molar-refractivity contribution in [2.24, 2.45) is 5.10 Å². The molecule has 0 aliphatic rings. The second kappa shape index (κ2) is 10.5. The summed E-state index contributed by atoms with van der Waals surface area (Å²) in [6, 6.07) is 29.0. The van der Waals surface area contributed by atoms with E-state index in [2.05, 4.69) is 22.7 Å². The van der Waals surface area contributed by atoms with Crippen LogP contribution in [-0.2, 0) is 5.75 Å². The number of aromatic nitrogens is 2. The highest BCUT2D eigenvalue weighted by Gasteiger charge is 2.16. The number of thioether (sulfide) groups is 1. The van der Waals surface area contributed by atoms with Crippen molar-refractivity contribution < 1.29 is 4.42 Å². The van der Waals surface area contributed by atoms with E-state index >= 15 is 0 Å². The fourth-order valence-electron chi connectivity index (χ4n) is 3.54. The van der Waals surface area contributed by atoms with E-state index in [1.165, 1.54) is 17.3 Å². The van der Waals surface area contributed by atoms with Crippen molar-refractivity contribution in [3.8, 4) is 16.9 Å². The molecule has 0 aliphatic heterocycles. The van der Waals surface area contributed by atoms with Crippen LogP contribution in [0.25, 0.3) is 27.9 Å². The predicted molar refractivity (Wildman–Crippen MR) is 146 cm³/mol. The Balaban J connectivity index is 1.43. The molecular weight excluding hydrogens is 476 g/mol. The Morgan fingerprint density at radius 2 is 1.74 bits per heavy atom. The Hall–Kier alpha value is -4.01. The zero-order chi connectivity index (χ0) is 24.0. The Kier molecular flexibility index (Phi) is 6.83. The van der Waals surface area contributed by atoms with Crippen LogP contribution in [0.1, 0.15) is 11.1 Å². The van der Waals surface area contributed by atoms with Gasteiger partial charge in [0.15, 0.2) is 4.32 Å². The second-order valence-electron chi connectivity index (χ2n) is 7.63. The molecule has 2 heterocycles. The molecule has 0 aliphatic carbocycles. The third kappa shape index (κ3) is 5.40. The normalized spacial score (nSPS) is 11.2. The minimum atomic E-state index is -0.460. The van der Waals surface area contributed by atoms with E-state index < -0.39 is 5.63 Å². The number of benzene rings is 3. The van der Waals surface area contributed by atoms with Crippen LogP contribution in [0.3, 0.4) is 0 Å². The first-order valence-electron chi connectivity index (χ1n) is 10.9. The Labute approximate surface area is 211 Å². The van der Waals surface area contributed by atoms with Gasteiger partial charge < -0.3 is 4.42 Å². The molecule has 0 bridgehead atoms. The van der Waals surface area contributed by atoms with Crippen LogP contribution in [0.2, 0.25) is 0 Å². The number of para-hydroxylation sites is 2. The van der Waals surface area contributed by atoms with Gasteiger partial charge in [-0.25, -0.2) is 9.48 Å². The summed E-state index contributed by atoms with van der Waals surface area (Å²) in [5.74, 6) is 0.748. The molecule has 0 fully saturated rings. The molecule has 0 radical (unpaired) electrons. The number of hydrogen-bond acceptors (Lipinski definition) is 6. The summed E-state index contributed by atoms with van der Waals surface area (Å²) in [6.45, 7) is 0. The maximum absolute atomic E-state index is 12.8. The average Bonchev–Trinajstić information content (AvgIpc) is 3.32. The lowest BCUT2D eigenvalue weighted by molar-refractivity contribution is 0.563. The highest BCUT2D eigenvalue weighted by Crippen LogP contribution is 2.23. The highest BCUT2D eigenvalue weighted by molar-refractivity contribution is 8.22. The third-order valence-electron chi connectivity index (χ3n) is 5.23. The highest BCUT2D eigenvalue weighted by atomic mass is 32.2. The van der Waals surface area contributed by atoms with Crippen LogP contribution in [0.4, 0.5) is 0 Å². The molecular formula is C27H20N4O2S2. The van der Waals surface area contributed by atoms with Gasteiger partial charge in [-0.2, -0.15) is 10.2 Å². The van der Waals surface area contributed by atoms with Gasteiger partial charge in [0.2, 0.25) is 0 Å². The molecule has 0 unspecified atom stereocenters. The SMILES string of the molecule is O=c1oc2ccccc2cc1-c1nn(-c2ccccc2)cc1/C=N/NC(=S)SCc1ccccc1. The van der Waals surface area contributed by atoms with Gasteiger partial charge in [0.1, 0.15) is 11.3 Å². The van der Waals surface area contributed by atoms with E-state index in [4.69, 9.17) is 21.7 Å². The first kappa shape index (κ1) is 22.8. The fourth-order valence-corrected chi connectivity index (χ4v) is 4.38. The summed E-state index contributed by atoms with van der Waals surface area (Å²) in [7, 11) is 0. The molecule has 3 aromatic carbocycles. The van der Waals surface area contributed by atoms with Gasteiger partial charge in [0, 0.05) is 22.9 Å². The first-order chi connectivity index (χ1) is 17.2. The van der Waals surface area contributed by atoms with Gasteiger partial charge in [-0.15, -0.1) is 0 Å². The minimum Gasteiger partial charge on any atom is -0.422 e. The molecule has 0 saturated heterocycles. The smallest absolute Gasteiger partial charge is 0.345 e. The van der Waals surface area contributed by atoms with E-state index in [1.54, 1.807) is 23.0 Å². The fraction of sp³-hybridized carbons (Fsp3) is 0.0370. The summed E-state index contributed by atoms with van der Waals surface area (Å²) < 4.78 is 7.81. The zero-order valence-electron chi connectivity index (χ0n) is 18.5. The molecule has 0 spiro atoms. The lowest BCUT2D eigenvalue weighted by Crippen LogP contribution is -2.11. The van der Waals surface area contributed by atoms with Gasteiger partial charge >= 0.3 is 5.63 Å². The van der Waals surface area contributed by atoms with Crippen LogP contribution in [0.5, 0.6) is 0 Å². The number of hydrazone groups is 1. The lowest BCUT2D eigenvalue weighted by Gasteiger charge is -2.03. The zero-order valence-corrected chi connectivity index (χ0v) is 20.1. The van der Waals surface area contributed by atoms with E-state index in [9.17, 15) is 4.79 Å². The number of nitrogens with zero attached hydrogens (tertiary/aromatic N) is 3. The summed E-state index contributed by atoms with van der Waals surface area (Å²) in [4.78, 5) is 12.8. The lowest BCUT2D eigenvalue weighted by atomic mass is 10.1. The van der Waals surface area contributed by atoms with Gasteiger partial charge in [0.05, 0.1) is 17.5 Å². The molecule has 1 N–H and O–H groups in total. The number of rotatable bonds is 6. The van der Waals surface area contributed by atoms with Gasteiger partial charge in [0.25, 0.3) is 0 Å². The molecule has 2 aromatic heterocycles. The van der Waals surface area contributed by atoms with Gasteiger partial charge in [-0.05, 0) is 29.8 Å². The van der Waals surface area contributed by atoms with Crippen LogP contribution in [-0.4, -0.2) is 20.3 Å². The summed E-state index contributed by atoms with van der Waals surface area (Å²) in [5.41, 5.74) is 6.50. The molecule has 0 amide bonds. The molecule has 6 nitrogen and oxygen atoms in total. The summed E-state index contributed by atoms with van der Waals surface area (Å²) in [5, 5.41) is 9.82. The number of nitrogens with one attached hydrogen (secondary N) is 1. The van der Waals surface area contributed by atoms with Crippen LogP contribution in [0, 0.1) is 0 Å². The monoisotopic (exact) mass is 496 g/mol. The maximum Gasteiger partial charge on any atom is 0.345 e. The Morgan fingerprint density at radius 3 is 2.54 bits per heavy atom. The summed E-state index contributed by atoms with van der Waals surface area (Å²) >= 11 is 6.89. The van der Waals surface area contributed by atoms with Crippen LogP contribution in [0.15, 0.2) is 112 Å². The Bertz CT molecular complexity index is 1560. The van der Waals surface area contributed by atoms with E-state index in [1.807, 2.05) is 72.9 Å². The first-order valence-corrected chi connectivity index (χ1v) is 12.2. The second-order valence-corrected chi connectivity index (χ2v) is 9.28. The van der Waals surface area contributed by atoms with E-state index in [0.29, 0.717) is 26.7 Å². The van der Waals surface area contributed by atoms with Crippen molar-refractivity contribution in [2.75, 3.05) is 0 Å². The van der Waals surface area contributed by atoms with Gasteiger partial charge in [-0.3, -0.25) is 5.43 Å². The van der Waals surface area contributed by atoms with Crippen molar-refractivity contribution in [3.05, 3.63) is 119 Å². The summed E-state index contributed by atoms with van der Waals surface area (Å²) in [6.07, 6.45) is 3.44. The average molecular weight is 497 g/mol. The molecule has 172 valence electrons. The van der Waals surface area contributed by atoms with E-state index in [-0.39, 0.29) is 0 Å². The van der Waals surface area contributed by atoms with E-state index in [0.717, 1.165) is 16.8 Å². The molecule has 5 rings (SSSR count). The van der Waals surface area contributed by atoms with Crippen molar-refractivity contribution >= 4 is 45.5 Å².